The zero-order chi connectivity index (χ0) is 7.84. The predicted octanol–water partition coefficient (Wildman–Crippen LogP) is 1.17. The van der Waals surface area contributed by atoms with Crippen molar-refractivity contribution in [1.29, 1.82) is 0 Å². The van der Waals surface area contributed by atoms with Gasteiger partial charge in [-0.15, -0.1) is 0 Å². The van der Waals surface area contributed by atoms with Gasteiger partial charge in [-0.3, -0.25) is 9.59 Å². The van der Waals surface area contributed by atoms with Gasteiger partial charge in [0.2, 0.25) is 11.6 Å². The third-order valence-electron chi connectivity index (χ3n) is 2.10. The van der Waals surface area contributed by atoms with Crippen molar-refractivity contribution in [3.8, 4) is 0 Å². The van der Waals surface area contributed by atoms with Gasteiger partial charge in [0.05, 0.1) is 0 Å². The fraction of sp³-hybridized carbons (Fsp3) is 0.333. The highest BCUT2D eigenvalue weighted by atomic mass is 16.2. The number of allylic oxidation sites excluding steroid dienone is 4. The molecule has 2 nitrogen and oxygen atoms in total. The first-order chi connectivity index (χ1) is 5.29. The SMILES string of the molecule is O=C1CC2=CCCC=C2C1=O. The van der Waals surface area contributed by atoms with Gasteiger partial charge >= 0.3 is 0 Å². The summed E-state index contributed by atoms with van der Waals surface area (Å²) in [6.45, 7) is 0. The third-order valence-corrected chi connectivity index (χ3v) is 2.10. The first-order valence-corrected chi connectivity index (χ1v) is 3.76. The highest BCUT2D eigenvalue weighted by molar-refractivity contribution is 6.48. The van der Waals surface area contributed by atoms with Gasteiger partial charge in [-0.2, -0.15) is 0 Å². The summed E-state index contributed by atoms with van der Waals surface area (Å²) in [6, 6.07) is 0. The summed E-state index contributed by atoms with van der Waals surface area (Å²) in [7, 11) is 0. The van der Waals surface area contributed by atoms with Crippen LogP contribution in [0.5, 0.6) is 0 Å². The Morgan fingerprint density at radius 1 is 1.09 bits per heavy atom. The maximum absolute atomic E-state index is 11.1. The Morgan fingerprint density at radius 2 is 1.82 bits per heavy atom. The van der Waals surface area contributed by atoms with Crippen LogP contribution in [0, 0.1) is 0 Å². The average Bonchev–Trinajstić information content (AvgIpc) is 2.30. The number of fused-ring (bicyclic) bond motifs is 1. The number of carbonyl (C=O) groups excluding carboxylic acids is 2. The minimum absolute atomic E-state index is 0.246. The number of hydrogen-bond donors (Lipinski definition) is 0. The molecule has 11 heavy (non-hydrogen) atoms. The molecule has 0 unspecified atom stereocenters. The maximum Gasteiger partial charge on any atom is 0.228 e. The lowest BCUT2D eigenvalue weighted by molar-refractivity contribution is -0.132. The number of ketones is 2. The lowest BCUT2D eigenvalue weighted by Gasteiger charge is -2.03. The van der Waals surface area contributed by atoms with Gasteiger partial charge in [0.15, 0.2) is 0 Å². The van der Waals surface area contributed by atoms with Crippen molar-refractivity contribution >= 4 is 11.6 Å². The van der Waals surface area contributed by atoms with Gasteiger partial charge in [-0.05, 0) is 18.4 Å². The van der Waals surface area contributed by atoms with E-state index in [4.69, 9.17) is 0 Å². The standard InChI is InChI=1S/C9H8O2/c10-8-5-6-3-1-2-4-7(6)9(8)11/h3-4H,1-2,5H2. The summed E-state index contributed by atoms with van der Waals surface area (Å²) < 4.78 is 0. The van der Waals surface area contributed by atoms with Crippen LogP contribution in [-0.2, 0) is 9.59 Å². The van der Waals surface area contributed by atoms with Gasteiger partial charge in [-0.25, -0.2) is 0 Å². The molecule has 1 fully saturated rings. The number of carbonyl (C=O) groups is 2. The molecular formula is C9H8O2. The van der Waals surface area contributed by atoms with Crippen LogP contribution < -0.4 is 0 Å². The Bertz CT molecular complexity index is 295. The Balaban J connectivity index is 2.46. The molecule has 0 aliphatic heterocycles. The summed E-state index contributed by atoms with van der Waals surface area (Å²) in [6.07, 6.45) is 6.09. The highest BCUT2D eigenvalue weighted by Gasteiger charge is 2.31. The van der Waals surface area contributed by atoms with Gasteiger partial charge in [0.25, 0.3) is 0 Å². The largest absolute Gasteiger partial charge is 0.290 e. The molecule has 56 valence electrons. The van der Waals surface area contributed by atoms with Crippen LogP contribution >= 0.6 is 0 Å². The summed E-state index contributed by atoms with van der Waals surface area (Å²) in [4.78, 5) is 22.0. The maximum atomic E-state index is 11.1. The molecular weight excluding hydrogens is 140 g/mol. The molecule has 0 radical (unpaired) electrons. The van der Waals surface area contributed by atoms with E-state index in [1.807, 2.05) is 12.2 Å². The first-order valence-electron chi connectivity index (χ1n) is 3.76. The molecule has 0 amide bonds. The Kier molecular flexibility index (Phi) is 1.28. The molecule has 0 heterocycles. The summed E-state index contributed by atoms with van der Waals surface area (Å²) in [5, 5.41) is 0. The molecule has 0 atom stereocenters. The second-order valence-electron chi connectivity index (χ2n) is 2.85. The van der Waals surface area contributed by atoms with E-state index in [1.54, 1.807) is 0 Å². The highest BCUT2D eigenvalue weighted by Crippen LogP contribution is 2.28. The van der Waals surface area contributed by atoms with E-state index in [-0.39, 0.29) is 11.6 Å². The molecule has 1 saturated carbocycles. The normalized spacial score (nSPS) is 22.9. The zero-order valence-electron chi connectivity index (χ0n) is 6.09. The first kappa shape index (κ1) is 6.53. The second-order valence-corrected chi connectivity index (χ2v) is 2.85. The van der Waals surface area contributed by atoms with Crippen molar-refractivity contribution in [1.82, 2.24) is 0 Å². The Labute approximate surface area is 64.6 Å². The van der Waals surface area contributed by atoms with E-state index in [1.165, 1.54) is 0 Å². The Hall–Kier alpha value is -1.18. The third kappa shape index (κ3) is 0.862. The van der Waals surface area contributed by atoms with Crippen LogP contribution in [0.3, 0.4) is 0 Å². The lowest BCUT2D eigenvalue weighted by atomic mass is 10.0. The van der Waals surface area contributed by atoms with Gasteiger partial charge in [0, 0.05) is 12.0 Å². The smallest absolute Gasteiger partial charge is 0.228 e. The topological polar surface area (TPSA) is 34.1 Å². The van der Waals surface area contributed by atoms with Crippen LogP contribution in [0.15, 0.2) is 23.3 Å². The second kappa shape index (κ2) is 2.16. The van der Waals surface area contributed by atoms with Crippen LogP contribution in [0.25, 0.3) is 0 Å². The predicted molar refractivity (Wildman–Crippen MR) is 40.0 cm³/mol. The fourth-order valence-corrected chi connectivity index (χ4v) is 1.54. The van der Waals surface area contributed by atoms with Crippen LogP contribution in [0.2, 0.25) is 0 Å². The molecule has 0 aromatic rings. The molecule has 2 rings (SSSR count). The van der Waals surface area contributed by atoms with Crippen LogP contribution in [0.4, 0.5) is 0 Å². The Morgan fingerprint density at radius 3 is 2.55 bits per heavy atom. The molecule has 2 aliphatic carbocycles. The zero-order valence-corrected chi connectivity index (χ0v) is 6.09. The van der Waals surface area contributed by atoms with Crippen LogP contribution in [-0.4, -0.2) is 11.6 Å². The molecule has 2 heteroatoms. The monoisotopic (exact) mass is 148 g/mol. The van der Waals surface area contributed by atoms with Gasteiger partial charge in [0.1, 0.15) is 0 Å². The van der Waals surface area contributed by atoms with Gasteiger partial charge < -0.3 is 0 Å². The quantitative estimate of drug-likeness (QED) is 0.483. The summed E-state index contributed by atoms with van der Waals surface area (Å²) >= 11 is 0. The van der Waals surface area contributed by atoms with Crippen molar-refractivity contribution in [3.63, 3.8) is 0 Å². The lowest BCUT2D eigenvalue weighted by Crippen LogP contribution is -2.05. The molecule has 0 aromatic heterocycles. The summed E-state index contributed by atoms with van der Waals surface area (Å²) in [5.74, 6) is -0.527. The minimum atomic E-state index is -0.282. The number of hydrogen-bond acceptors (Lipinski definition) is 2. The van der Waals surface area contributed by atoms with E-state index in [2.05, 4.69) is 0 Å². The average molecular weight is 148 g/mol. The number of Topliss-reactive ketones (excluding diaryl/α,β-unsaturated/α-hetero) is 2. The van der Waals surface area contributed by atoms with E-state index in [9.17, 15) is 9.59 Å². The molecule has 0 saturated heterocycles. The molecule has 2 aliphatic rings. The van der Waals surface area contributed by atoms with E-state index < -0.39 is 0 Å². The molecule has 0 N–H and O–H groups in total. The van der Waals surface area contributed by atoms with Crippen molar-refractivity contribution in [2.24, 2.45) is 0 Å². The molecule has 0 bridgehead atoms. The van der Waals surface area contributed by atoms with Crippen molar-refractivity contribution in [2.45, 2.75) is 19.3 Å². The van der Waals surface area contributed by atoms with Gasteiger partial charge in [-0.1, -0.05) is 12.2 Å². The van der Waals surface area contributed by atoms with Crippen LogP contribution in [0.1, 0.15) is 19.3 Å². The van der Waals surface area contributed by atoms with Crippen molar-refractivity contribution in [2.75, 3.05) is 0 Å². The van der Waals surface area contributed by atoms with Crippen molar-refractivity contribution < 1.29 is 9.59 Å². The molecule has 0 spiro atoms. The van der Waals surface area contributed by atoms with Crippen molar-refractivity contribution in [3.05, 3.63) is 23.3 Å². The minimum Gasteiger partial charge on any atom is -0.290 e. The molecule has 0 aromatic carbocycles. The number of rotatable bonds is 0. The summed E-state index contributed by atoms with van der Waals surface area (Å²) in [5.41, 5.74) is 1.62. The van der Waals surface area contributed by atoms with E-state index in [0.717, 1.165) is 18.4 Å². The van der Waals surface area contributed by atoms with E-state index >= 15 is 0 Å². The fourth-order valence-electron chi connectivity index (χ4n) is 1.54. The van der Waals surface area contributed by atoms with E-state index in [0.29, 0.717) is 12.0 Å².